The average molecular weight is 270 g/mol. The molecule has 3 fully saturated rings. The summed E-state index contributed by atoms with van der Waals surface area (Å²) in [5, 5.41) is 9.02. The van der Waals surface area contributed by atoms with E-state index < -0.39 is 17.6 Å². The van der Waals surface area contributed by atoms with E-state index in [0.717, 1.165) is 6.42 Å². The lowest BCUT2D eigenvalue weighted by molar-refractivity contribution is -0.147. The topological polar surface area (TPSA) is 70.1 Å². The molecule has 0 aliphatic carbocycles. The highest BCUT2D eigenvalue weighted by atomic mass is 16.6. The number of carboxylic acid groups (broad SMARTS) is 1. The van der Waals surface area contributed by atoms with Crippen molar-refractivity contribution in [3.8, 4) is 0 Å². The molecule has 6 heteroatoms. The number of ether oxygens (including phenoxy) is 1. The predicted molar refractivity (Wildman–Crippen MR) is 68.9 cm³/mol. The zero-order valence-electron chi connectivity index (χ0n) is 11.9. The van der Waals surface area contributed by atoms with E-state index in [2.05, 4.69) is 0 Å². The Morgan fingerprint density at radius 3 is 2.21 bits per heavy atom. The fourth-order valence-corrected chi connectivity index (χ4v) is 2.73. The van der Waals surface area contributed by atoms with Crippen LogP contribution in [0.2, 0.25) is 0 Å². The molecule has 0 spiro atoms. The quantitative estimate of drug-likeness (QED) is 0.815. The van der Waals surface area contributed by atoms with Crippen LogP contribution in [0.4, 0.5) is 4.79 Å². The summed E-state index contributed by atoms with van der Waals surface area (Å²) in [5.41, 5.74) is -0.491. The normalized spacial score (nSPS) is 28.5. The summed E-state index contributed by atoms with van der Waals surface area (Å²) in [7, 11) is 0. The van der Waals surface area contributed by atoms with Crippen LogP contribution in [0.25, 0.3) is 0 Å². The summed E-state index contributed by atoms with van der Waals surface area (Å²) in [4.78, 5) is 26.7. The van der Waals surface area contributed by atoms with Crippen LogP contribution in [-0.2, 0) is 9.53 Å². The number of hydrogen-bond donors (Lipinski definition) is 1. The molecule has 3 aliphatic heterocycles. The number of piperidine rings is 1. The highest BCUT2D eigenvalue weighted by Gasteiger charge is 2.50. The van der Waals surface area contributed by atoms with Crippen molar-refractivity contribution in [3.63, 3.8) is 0 Å². The third-order valence-electron chi connectivity index (χ3n) is 3.73. The Morgan fingerprint density at radius 1 is 1.26 bits per heavy atom. The van der Waals surface area contributed by atoms with Crippen LogP contribution in [0.5, 0.6) is 0 Å². The smallest absolute Gasteiger partial charge is 0.410 e. The summed E-state index contributed by atoms with van der Waals surface area (Å²) >= 11 is 0. The Balaban J connectivity index is 1.94. The van der Waals surface area contributed by atoms with Crippen LogP contribution in [-0.4, -0.2) is 63.8 Å². The van der Waals surface area contributed by atoms with Gasteiger partial charge in [0.1, 0.15) is 11.6 Å². The first kappa shape index (κ1) is 14.1. The van der Waals surface area contributed by atoms with Crippen molar-refractivity contribution in [2.45, 2.75) is 57.8 Å². The number of carboxylic acids is 1. The molecule has 3 rings (SSSR count). The van der Waals surface area contributed by atoms with Gasteiger partial charge in [0.05, 0.1) is 12.1 Å². The summed E-state index contributed by atoms with van der Waals surface area (Å²) in [5.74, 6) is -0.815. The van der Waals surface area contributed by atoms with E-state index >= 15 is 0 Å². The van der Waals surface area contributed by atoms with Gasteiger partial charge in [0.2, 0.25) is 0 Å². The van der Waals surface area contributed by atoms with Crippen molar-refractivity contribution < 1.29 is 19.4 Å². The lowest BCUT2D eigenvalue weighted by Crippen LogP contribution is -2.71. The minimum Gasteiger partial charge on any atom is -0.480 e. The number of nitrogens with zero attached hydrogens (tertiary/aromatic N) is 2. The second-order valence-electron chi connectivity index (χ2n) is 6.40. The molecule has 3 unspecified atom stereocenters. The number of carbonyl (C=O) groups is 2. The highest BCUT2D eigenvalue weighted by molar-refractivity contribution is 5.73. The number of hydrogen-bond acceptors (Lipinski definition) is 4. The van der Waals surface area contributed by atoms with Crippen molar-refractivity contribution in [1.29, 1.82) is 0 Å². The monoisotopic (exact) mass is 270 g/mol. The predicted octanol–water partition coefficient (Wildman–Crippen LogP) is 1.15. The van der Waals surface area contributed by atoms with E-state index in [1.165, 1.54) is 0 Å². The maximum Gasteiger partial charge on any atom is 0.410 e. The first-order valence-electron chi connectivity index (χ1n) is 6.67. The van der Waals surface area contributed by atoms with Gasteiger partial charge in [-0.05, 0) is 34.1 Å². The molecule has 0 aromatic carbocycles. The standard InChI is InChI=1S/C13H22N2O4/c1-8(11(16)17)14-6-9-5-10(7-14)15(9)12(18)19-13(2,3)4/h8-10H,5-7H2,1-4H3,(H,16,17). The van der Waals surface area contributed by atoms with E-state index in [1.807, 2.05) is 25.7 Å². The Kier molecular flexibility index (Phi) is 3.47. The lowest BCUT2D eigenvalue weighted by Gasteiger charge is -2.56. The van der Waals surface area contributed by atoms with Crippen LogP contribution >= 0.6 is 0 Å². The van der Waals surface area contributed by atoms with Gasteiger partial charge >= 0.3 is 12.1 Å². The molecule has 1 N–H and O–H groups in total. The van der Waals surface area contributed by atoms with E-state index in [1.54, 1.807) is 11.8 Å². The molecule has 3 aliphatic rings. The van der Waals surface area contributed by atoms with Crippen molar-refractivity contribution in [1.82, 2.24) is 9.80 Å². The third kappa shape index (κ3) is 2.83. The molecule has 0 aromatic rings. The Labute approximate surface area is 113 Å². The third-order valence-corrected chi connectivity index (χ3v) is 3.73. The minimum absolute atomic E-state index is 0.0930. The van der Waals surface area contributed by atoms with Crippen LogP contribution in [0, 0.1) is 0 Å². The Bertz CT molecular complexity index is 379. The summed E-state index contributed by atoms with van der Waals surface area (Å²) in [6.45, 7) is 8.45. The van der Waals surface area contributed by atoms with Crippen LogP contribution in [0.3, 0.4) is 0 Å². The summed E-state index contributed by atoms with van der Waals surface area (Å²) in [6, 6.07) is -0.308. The van der Waals surface area contributed by atoms with Gasteiger partial charge in [0.25, 0.3) is 0 Å². The molecule has 0 saturated carbocycles. The largest absolute Gasteiger partial charge is 0.480 e. The van der Waals surface area contributed by atoms with Gasteiger partial charge in [0, 0.05) is 13.1 Å². The first-order valence-corrected chi connectivity index (χ1v) is 6.67. The fourth-order valence-electron chi connectivity index (χ4n) is 2.73. The second-order valence-corrected chi connectivity index (χ2v) is 6.40. The van der Waals surface area contributed by atoms with E-state index in [-0.39, 0.29) is 18.2 Å². The van der Waals surface area contributed by atoms with Gasteiger partial charge in [0.15, 0.2) is 0 Å². The second kappa shape index (κ2) is 4.67. The average Bonchev–Trinajstić information content (AvgIpc) is 2.25. The van der Waals surface area contributed by atoms with Gasteiger partial charge in [-0.25, -0.2) is 4.79 Å². The van der Waals surface area contributed by atoms with E-state index in [9.17, 15) is 9.59 Å². The summed E-state index contributed by atoms with van der Waals surface area (Å²) < 4.78 is 5.37. The molecule has 0 radical (unpaired) electrons. The van der Waals surface area contributed by atoms with Crippen LogP contribution < -0.4 is 0 Å². The molecule has 0 aromatic heterocycles. The number of rotatable bonds is 2. The maximum atomic E-state index is 12.0. The molecule has 3 saturated heterocycles. The van der Waals surface area contributed by atoms with Crippen molar-refractivity contribution in [3.05, 3.63) is 0 Å². The molecule has 6 nitrogen and oxygen atoms in total. The Morgan fingerprint density at radius 2 is 1.79 bits per heavy atom. The molecule has 108 valence electrons. The number of amides is 1. The van der Waals surface area contributed by atoms with E-state index in [0.29, 0.717) is 13.1 Å². The zero-order chi connectivity index (χ0) is 14.4. The van der Waals surface area contributed by atoms with Gasteiger partial charge in [-0.2, -0.15) is 0 Å². The molecule has 19 heavy (non-hydrogen) atoms. The molecule has 3 atom stereocenters. The molecule has 2 bridgehead atoms. The number of carbonyl (C=O) groups excluding carboxylic acids is 1. The van der Waals surface area contributed by atoms with Gasteiger partial charge in [-0.1, -0.05) is 0 Å². The SMILES string of the molecule is CC(C(=O)O)N1CC2CC(C1)N2C(=O)OC(C)(C)C. The van der Waals surface area contributed by atoms with Crippen molar-refractivity contribution in [2.24, 2.45) is 0 Å². The number of fused-ring (bicyclic) bond motifs is 2. The molecule has 3 heterocycles. The van der Waals surface area contributed by atoms with E-state index in [4.69, 9.17) is 9.84 Å². The van der Waals surface area contributed by atoms with Crippen LogP contribution in [0.1, 0.15) is 34.1 Å². The lowest BCUT2D eigenvalue weighted by atomic mass is 9.87. The molecule has 1 amide bonds. The summed E-state index contributed by atoms with van der Waals surface area (Å²) in [6.07, 6.45) is 0.665. The first-order chi connectivity index (χ1) is 8.69. The molecular formula is C13H22N2O4. The minimum atomic E-state index is -0.815. The van der Waals surface area contributed by atoms with Crippen molar-refractivity contribution >= 4 is 12.1 Å². The zero-order valence-corrected chi connectivity index (χ0v) is 11.9. The van der Waals surface area contributed by atoms with Crippen LogP contribution in [0.15, 0.2) is 0 Å². The fraction of sp³-hybridized carbons (Fsp3) is 0.846. The van der Waals surface area contributed by atoms with Gasteiger partial charge in [-0.3, -0.25) is 14.6 Å². The highest BCUT2D eigenvalue weighted by Crippen LogP contribution is 2.34. The molecular weight excluding hydrogens is 248 g/mol. The Hall–Kier alpha value is -1.30. The van der Waals surface area contributed by atoms with Gasteiger partial charge < -0.3 is 9.84 Å². The van der Waals surface area contributed by atoms with Crippen molar-refractivity contribution in [2.75, 3.05) is 13.1 Å². The number of piperazine rings is 1. The number of aliphatic carboxylic acids is 1. The van der Waals surface area contributed by atoms with Gasteiger partial charge in [-0.15, -0.1) is 0 Å². The maximum absolute atomic E-state index is 12.0.